The number of esters is 1. The van der Waals surface area contributed by atoms with Crippen molar-refractivity contribution in [3.05, 3.63) is 0 Å². The fourth-order valence-corrected chi connectivity index (χ4v) is 2.20. The third-order valence-electron chi connectivity index (χ3n) is 3.13. The van der Waals surface area contributed by atoms with Gasteiger partial charge in [0.25, 0.3) is 0 Å². The monoisotopic (exact) mass is 345 g/mol. The Hall–Kier alpha value is -1.30. The van der Waals surface area contributed by atoms with Crippen LogP contribution in [-0.4, -0.2) is 41.5 Å². The lowest BCUT2D eigenvalue weighted by Gasteiger charge is -2.25. The first kappa shape index (κ1) is 22.7. The van der Waals surface area contributed by atoms with E-state index >= 15 is 0 Å². The normalized spacial score (nSPS) is 15.8. The Morgan fingerprint density at radius 1 is 0.958 bits per heavy atom. The Morgan fingerprint density at radius 3 is 1.88 bits per heavy atom. The molecule has 2 N–H and O–H groups in total. The SMILES string of the molecule is CC(C)(C)OC(=O)C1CCCCC1.CC(C)(C)OC(=O)NCCO. The van der Waals surface area contributed by atoms with Gasteiger partial charge in [0.1, 0.15) is 11.2 Å². The van der Waals surface area contributed by atoms with Crippen LogP contribution in [0.3, 0.4) is 0 Å². The molecule has 0 heterocycles. The largest absolute Gasteiger partial charge is 0.460 e. The van der Waals surface area contributed by atoms with Crippen molar-refractivity contribution in [1.29, 1.82) is 0 Å². The number of amides is 1. The number of ether oxygens (including phenoxy) is 2. The fourth-order valence-electron chi connectivity index (χ4n) is 2.20. The van der Waals surface area contributed by atoms with Gasteiger partial charge < -0.3 is 19.9 Å². The fraction of sp³-hybridized carbons (Fsp3) is 0.889. The number of nitrogens with one attached hydrogen (secondary N) is 1. The Bertz CT molecular complexity index is 376. The molecule has 0 atom stereocenters. The first-order valence-corrected chi connectivity index (χ1v) is 8.75. The Morgan fingerprint density at radius 2 is 1.46 bits per heavy atom. The highest BCUT2D eigenvalue weighted by Gasteiger charge is 2.26. The van der Waals surface area contributed by atoms with Gasteiger partial charge >= 0.3 is 12.1 Å². The second-order valence-electron chi connectivity index (χ2n) is 8.02. The molecule has 0 aromatic rings. The summed E-state index contributed by atoms with van der Waals surface area (Å²) in [6.07, 6.45) is 5.20. The second-order valence-corrected chi connectivity index (χ2v) is 8.02. The van der Waals surface area contributed by atoms with Gasteiger partial charge in [0, 0.05) is 6.54 Å². The minimum absolute atomic E-state index is 0.00667. The van der Waals surface area contributed by atoms with E-state index in [-0.39, 0.29) is 30.6 Å². The van der Waals surface area contributed by atoms with E-state index in [0.29, 0.717) is 0 Å². The van der Waals surface area contributed by atoms with Crippen molar-refractivity contribution >= 4 is 12.1 Å². The van der Waals surface area contributed by atoms with Crippen LogP contribution in [0.2, 0.25) is 0 Å². The number of aliphatic hydroxyl groups is 1. The Kier molecular flexibility index (Phi) is 9.97. The van der Waals surface area contributed by atoms with Gasteiger partial charge in [-0.15, -0.1) is 0 Å². The zero-order valence-corrected chi connectivity index (χ0v) is 16.1. The molecule has 0 saturated heterocycles. The van der Waals surface area contributed by atoms with Crippen LogP contribution in [0.25, 0.3) is 0 Å². The summed E-state index contributed by atoms with van der Waals surface area (Å²) in [7, 11) is 0. The smallest absolute Gasteiger partial charge is 0.407 e. The molecule has 0 aromatic heterocycles. The van der Waals surface area contributed by atoms with Gasteiger partial charge in [0.15, 0.2) is 0 Å². The van der Waals surface area contributed by atoms with Crippen LogP contribution >= 0.6 is 0 Å². The Labute approximate surface area is 146 Å². The van der Waals surface area contributed by atoms with Gasteiger partial charge in [-0.2, -0.15) is 0 Å². The quantitative estimate of drug-likeness (QED) is 0.766. The molecule has 24 heavy (non-hydrogen) atoms. The molecule has 1 aliphatic carbocycles. The minimum Gasteiger partial charge on any atom is -0.460 e. The van der Waals surface area contributed by atoms with Crippen LogP contribution in [-0.2, 0) is 14.3 Å². The van der Waals surface area contributed by atoms with E-state index in [1.54, 1.807) is 20.8 Å². The van der Waals surface area contributed by atoms with Gasteiger partial charge in [0.2, 0.25) is 0 Å². The average molecular weight is 345 g/mol. The zero-order valence-electron chi connectivity index (χ0n) is 16.1. The predicted molar refractivity (Wildman–Crippen MR) is 93.7 cm³/mol. The highest BCUT2D eigenvalue weighted by atomic mass is 16.6. The molecule has 0 aromatic carbocycles. The number of carbonyl (C=O) groups is 2. The van der Waals surface area contributed by atoms with E-state index < -0.39 is 11.7 Å². The summed E-state index contributed by atoms with van der Waals surface area (Å²) in [6.45, 7) is 11.3. The first-order valence-electron chi connectivity index (χ1n) is 8.75. The lowest BCUT2D eigenvalue weighted by molar-refractivity contribution is -0.161. The zero-order chi connectivity index (χ0) is 18.8. The van der Waals surface area contributed by atoms with Crippen molar-refractivity contribution in [1.82, 2.24) is 5.32 Å². The molecule has 6 heteroatoms. The molecule has 0 radical (unpaired) electrons. The van der Waals surface area contributed by atoms with Crippen molar-refractivity contribution in [3.8, 4) is 0 Å². The van der Waals surface area contributed by atoms with E-state index in [1.165, 1.54) is 19.3 Å². The topological polar surface area (TPSA) is 84.9 Å². The molecule has 1 saturated carbocycles. The number of carbonyl (C=O) groups excluding carboxylic acids is 2. The van der Waals surface area contributed by atoms with Gasteiger partial charge in [-0.1, -0.05) is 19.3 Å². The third-order valence-corrected chi connectivity index (χ3v) is 3.13. The number of hydrogen-bond donors (Lipinski definition) is 2. The number of hydrogen-bond acceptors (Lipinski definition) is 5. The van der Waals surface area contributed by atoms with E-state index in [2.05, 4.69) is 5.32 Å². The molecule has 1 aliphatic rings. The molecule has 6 nitrogen and oxygen atoms in total. The number of rotatable bonds is 3. The number of aliphatic hydroxyl groups excluding tert-OH is 1. The maximum Gasteiger partial charge on any atom is 0.407 e. The van der Waals surface area contributed by atoms with Crippen LogP contribution in [0.15, 0.2) is 0 Å². The number of alkyl carbamates (subject to hydrolysis) is 1. The summed E-state index contributed by atoms with van der Waals surface area (Å²) in [5, 5.41) is 10.7. The maximum absolute atomic E-state index is 11.6. The summed E-state index contributed by atoms with van der Waals surface area (Å²) in [4.78, 5) is 22.4. The highest BCUT2D eigenvalue weighted by Crippen LogP contribution is 2.26. The summed E-state index contributed by atoms with van der Waals surface area (Å²) in [5.41, 5.74) is -0.798. The van der Waals surface area contributed by atoms with Gasteiger partial charge in [-0.3, -0.25) is 4.79 Å². The molecular weight excluding hydrogens is 310 g/mol. The van der Waals surface area contributed by atoms with Crippen LogP contribution in [0, 0.1) is 5.92 Å². The average Bonchev–Trinajstić information content (AvgIpc) is 2.43. The summed E-state index contributed by atoms with van der Waals surface area (Å²) in [6, 6.07) is 0. The van der Waals surface area contributed by atoms with Crippen molar-refractivity contribution in [2.45, 2.75) is 84.8 Å². The summed E-state index contributed by atoms with van der Waals surface area (Å²) < 4.78 is 10.2. The molecule has 1 rings (SSSR count). The molecule has 1 amide bonds. The van der Waals surface area contributed by atoms with E-state index in [9.17, 15) is 9.59 Å². The standard InChI is InChI=1S/C11H20O2.C7H15NO3/c1-11(2,3)13-10(12)9-7-5-4-6-8-9;1-7(2,3)11-6(10)8-4-5-9/h9H,4-8H2,1-3H3;9H,4-5H2,1-3H3,(H,8,10). The molecule has 0 bridgehead atoms. The summed E-state index contributed by atoms with van der Waals surface area (Å²) >= 11 is 0. The molecule has 0 aliphatic heterocycles. The minimum atomic E-state index is -0.494. The van der Waals surface area contributed by atoms with Crippen molar-refractivity contribution < 1.29 is 24.2 Å². The van der Waals surface area contributed by atoms with Crippen molar-refractivity contribution in [2.24, 2.45) is 5.92 Å². The van der Waals surface area contributed by atoms with E-state index in [1.807, 2.05) is 20.8 Å². The first-order chi connectivity index (χ1) is 10.9. The predicted octanol–water partition coefficient (Wildman–Crippen LogP) is 3.41. The highest BCUT2D eigenvalue weighted by molar-refractivity contribution is 5.72. The molecule has 142 valence electrons. The van der Waals surface area contributed by atoms with Crippen LogP contribution < -0.4 is 5.32 Å². The second kappa shape index (κ2) is 10.5. The molecule has 0 unspecified atom stereocenters. The molecular formula is C18H35NO5. The van der Waals surface area contributed by atoms with E-state index in [0.717, 1.165) is 12.8 Å². The lowest BCUT2D eigenvalue weighted by atomic mass is 9.89. The van der Waals surface area contributed by atoms with Gasteiger partial charge in [-0.05, 0) is 54.4 Å². The van der Waals surface area contributed by atoms with Crippen LogP contribution in [0.1, 0.15) is 73.6 Å². The van der Waals surface area contributed by atoms with Crippen LogP contribution in [0.4, 0.5) is 4.79 Å². The maximum atomic E-state index is 11.6. The van der Waals surface area contributed by atoms with E-state index in [4.69, 9.17) is 14.6 Å². The summed E-state index contributed by atoms with van der Waals surface area (Å²) in [5.74, 6) is 0.181. The van der Waals surface area contributed by atoms with Crippen LogP contribution in [0.5, 0.6) is 0 Å². The Balaban J connectivity index is 0.000000449. The lowest BCUT2D eigenvalue weighted by Crippen LogP contribution is -2.33. The van der Waals surface area contributed by atoms with Gasteiger partial charge in [0.05, 0.1) is 12.5 Å². The third kappa shape index (κ3) is 13.2. The molecule has 1 fully saturated rings. The van der Waals surface area contributed by atoms with Crippen molar-refractivity contribution in [2.75, 3.05) is 13.2 Å². The molecule has 0 spiro atoms. The van der Waals surface area contributed by atoms with Gasteiger partial charge in [-0.25, -0.2) is 4.79 Å². The van der Waals surface area contributed by atoms with Crippen molar-refractivity contribution in [3.63, 3.8) is 0 Å².